The fourth-order valence-electron chi connectivity index (χ4n) is 1.44. The molecule has 0 bridgehead atoms. The fourth-order valence-corrected chi connectivity index (χ4v) is 1.44. The molecule has 1 N–H and O–H groups in total. The summed E-state index contributed by atoms with van der Waals surface area (Å²) in [5.41, 5.74) is 2.28. The fraction of sp³-hybridized carbons (Fsp3) is 0.182. The average Bonchev–Trinajstić information content (AvgIpc) is 2.78. The molecule has 0 saturated carbocycles. The molecule has 0 saturated heterocycles. The molecular weight excluding hydrogens is 204 g/mol. The third-order valence-electron chi connectivity index (χ3n) is 2.23. The quantitative estimate of drug-likeness (QED) is 0.815. The molecule has 80 valence electrons. The first-order chi connectivity index (χ1) is 7.85. The van der Waals surface area contributed by atoms with Crippen molar-refractivity contribution in [1.82, 2.24) is 15.0 Å². The summed E-state index contributed by atoms with van der Waals surface area (Å²) in [5.74, 6) is 0. The Hall–Kier alpha value is -2.19. The van der Waals surface area contributed by atoms with Crippen molar-refractivity contribution in [3.8, 4) is 11.8 Å². The lowest BCUT2D eigenvalue weighted by Gasteiger charge is -2.04. The van der Waals surface area contributed by atoms with Crippen molar-refractivity contribution in [2.45, 2.75) is 6.42 Å². The minimum atomic E-state index is 0.0592. The van der Waals surface area contributed by atoms with Crippen LogP contribution in [0.4, 0.5) is 0 Å². The molecule has 0 amide bonds. The number of hydrogen-bond acceptors (Lipinski definition) is 4. The van der Waals surface area contributed by atoms with Gasteiger partial charge in [-0.15, -0.1) is 5.10 Å². The standard InChI is InChI=1S/C11H10N4O/c12-7-9-1-3-10(4-2-9)15-11(5-6-16)8-13-14-15/h1-4,8,16H,5-6H2. The van der Waals surface area contributed by atoms with Crippen LogP contribution in [0.2, 0.25) is 0 Å². The van der Waals surface area contributed by atoms with Crippen LogP contribution in [0.5, 0.6) is 0 Å². The summed E-state index contributed by atoms with van der Waals surface area (Å²) in [6.45, 7) is 0.0592. The second-order valence-electron chi connectivity index (χ2n) is 3.27. The van der Waals surface area contributed by atoms with E-state index in [0.29, 0.717) is 12.0 Å². The van der Waals surface area contributed by atoms with Crippen LogP contribution in [0.15, 0.2) is 30.5 Å². The normalized spacial score (nSPS) is 10.0. The second-order valence-corrected chi connectivity index (χ2v) is 3.27. The first kappa shape index (κ1) is 10.3. The maximum Gasteiger partial charge on any atom is 0.0991 e. The second kappa shape index (κ2) is 4.55. The third kappa shape index (κ3) is 1.92. The number of rotatable bonds is 3. The molecule has 0 aliphatic carbocycles. The van der Waals surface area contributed by atoms with E-state index in [1.807, 2.05) is 0 Å². The zero-order valence-corrected chi connectivity index (χ0v) is 8.54. The van der Waals surface area contributed by atoms with Crippen molar-refractivity contribution in [3.63, 3.8) is 0 Å². The van der Waals surface area contributed by atoms with E-state index in [2.05, 4.69) is 16.4 Å². The Balaban J connectivity index is 2.35. The van der Waals surface area contributed by atoms with Crippen LogP contribution in [-0.2, 0) is 6.42 Å². The molecule has 0 atom stereocenters. The SMILES string of the molecule is N#Cc1ccc(-n2nncc2CCO)cc1. The minimum Gasteiger partial charge on any atom is -0.396 e. The molecule has 1 aromatic carbocycles. The van der Waals surface area contributed by atoms with Crippen LogP contribution in [-0.4, -0.2) is 26.7 Å². The summed E-state index contributed by atoms with van der Waals surface area (Å²) in [4.78, 5) is 0. The zero-order valence-electron chi connectivity index (χ0n) is 8.54. The van der Waals surface area contributed by atoms with Gasteiger partial charge >= 0.3 is 0 Å². The number of aliphatic hydroxyl groups excluding tert-OH is 1. The highest BCUT2D eigenvalue weighted by molar-refractivity contribution is 5.39. The van der Waals surface area contributed by atoms with Crippen LogP contribution < -0.4 is 0 Å². The average molecular weight is 214 g/mol. The molecule has 5 heteroatoms. The predicted molar refractivity (Wildman–Crippen MR) is 56.9 cm³/mol. The van der Waals surface area contributed by atoms with Gasteiger partial charge in [0.25, 0.3) is 0 Å². The van der Waals surface area contributed by atoms with Crippen LogP contribution in [0.25, 0.3) is 5.69 Å². The van der Waals surface area contributed by atoms with Crippen molar-refractivity contribution in [1.29, 1.82) is 5.26 Å². The van der Waals surface area contributed by atoms with Gasteiger partial charge in [0.1, 0.15) is 0 Å². The number of nitrogens with zero attached hydrogens (tertiary/aromatic N) is 4. The van der Waals surface area contributed by atoms with Crippen LogP contribution in [0, 0.1) is 11.3 Å². The predicted octanol–water partition coefficient (Wildman–Crippen LogP) is 0.674. The summed E-state index contributed by atoms with van der Waals surface area (Å²) in [7, 11) is 0. The largest absolute Gasteiger partial charge is 0.396 e. The van der Waals surface area contributed by atoms with Crippen molar-refractivity contribution in [2.75, 3.05) is 6.61 Å². The lowest BCUT2D eigenvalue weighted by atomic mass is 10.2. The van der Waals surface area contributed by atoms with E-state index in [0.717, 1.165) is 11.4 Å². The Labute approximate surface area is 92.6 Å². The lowest BCUT2D eigenvalue weighted by molar-refractivity contribution is 0.297. The first-order valence-corrected chi connectivity index (χ1v) is 4.86. The van der Waals surface area contributed by atoms with E-state index < -0.39 is 0 Å². The van der Waals surface area contributed by atoms with E-state index in [-0.39, 0.29) is 6.61 Å². The van der Waals surface area contributed by atoms with Gasteiger partial charge in [0.15, 0.2) is 0 Å². The van der Waals surface area contributed by atoms with Crippen LogP contribution in [0.1, 0.15) is 11.3 Å². The maximum atomic E-state index is 8.88. The zero-order chi connectivity index (χ0) is 11.4. The van der Waals surface area contributed by atoms with Gasteiger partial charge in [0.2, 0.25) is 0 Å². The monoisotopic (exact) mass is 214 g/mol. The molecule has 2 aromatic rings. The Morgan fingerprint density at radius 1 is 1.31 bits per heavy atom. The third-order valence-corrected chi connectivity index (χ3v) is 2.23. The highest BCUT2D eigenvalue weighted by Crippen LogP contribution is 2.10. The van der Waals surface area contributed by atoms with Gasteiger partial charge in [-0.3, -0.25) is 0 Å². The molecule has 0 fully saturated rings. The van der Waals surface area contributed by atoms with Crippen LogP contribution >= 0.6 is 0 Å². The molecule has 0 spiro atoms. The molecular formula is C11H10N4O. The molecule has 0 aliphatic heterocycles. The number of hydrogen-bond donors (Lipinski definition) is 1. The highest BCUT2D eigenvalue weighted by Gasteiger charge is 2.05. The summed E-state index contributed by atoms with van der Waals surface area (Å²) >= 11 is 0. The number of aliphatic hydroxyl groups is 1. The molecule has 0 radical (unpaired) electrons. The molecule has 16 heavy (non-hydrogen) atoms. The summed E-state index contributed by atoms with van der Waals surface area (Å²) in [6, 6.07) is 9.10. The minimum absolute atomic E-state index is 0.0592. The van der Waals surface area contributed by atoms with Gasteiger partial charge in [-0.05, 0) is 24.3 Å². The molecule has 0 aliphatic rings. The molecule has 1 heterocycles. The van der Waals surface area contributed by atoms with Gasteiger partial charge in [-0.1, -0.05) is 5.21 Å². The summed E-state index contributed by atoms with van der Waals surface area (Å²) in [6.07, 6.45) is 2.13. The van der Waals surface area contributed by atoms with Gasteiger partial charge in [-0.25, -0.2) is 4.68 Å². The number of benzene rings is 1. The van der Waals surface area contributed by atoms with Crippen molar-refractivity contribution in [2.24, 2.45) is 0 Å². The lowest BCUT2D eigenvalue weighted by Crippen LogP contribution is -2.04. The molecule has 0 unspecified atom stereocenters. The van der Waals surface area contributed by atoms with Gasteiger partial charge in [0.05, 0.1) is 29.2 Å². The Kier molecular flexibility index (Phi) is 2.94. The van der Waals surface area contributed by atoms with Gasteiger partial charge in [-0.2, -0.15) is 5.26 Å². The molecule has 2 rings (SSSR count). The van der Waals surface area contributed by atoms with E-state index in [9.17, 15) is 0 Å². The van der Waals surface area contributed by atoms with Crippen molar-refractivity contribution in [3.05, 3.63) is 41.7 Å². The molecule has 5 nitrogen and oxygen atoms in total. The smallest absolute Gasteiger partial charge is 0.0991 e. The van der Waals surface area contributed by atoms with Crippen molar-refractivity contribution < 1.29 is 5.11 Å². The van der Waals surface area contributed by atoms with Gasteiger partial charge < -0.3 is 5.11 Å². The highest BCUT2D eigenvalue weighted by atomic mass is 16.3. The maximum absolute atomic E-state index is 8.88. The molecule has 1 aromatic heterocycles. The number of nitriles is 1. The van der Waals surface area contributed by atoms with E-state index >= 15 is 0 Å². The first-order valence-electron chi connectivity index (χ1n) is 4.86. The van der Waals surface area contributed by atoms with E-state index in [1.165, 1.54) is 0 Å². The van der Waals surface area contributed by atoms with Gasteiger partial charge in [0, 0.05) is 13.0 Å². The van der Waals surface area contributed by atoms with E-state index in [1.54, 1.807) is 35.1 Å². The van der Waals surface area contributed by atoms with E-state index in [4.69, 9.17) is 10.4 Å². The Morgan fingerprint density at radius 3 is 2.69 bits per heavy atom. The topological polar surface area (TPSA) is 74.7 Å². The summed E-state index contributed by atoms with van der Waals surface area (Å²) < 4.78 is 1.65. The van der Waals surface area contributed by atoms with Crippen molar-refractivity contribution >= 4 is 0 Å². The number of aromatic nitrogens is 3. The summed E-state index contributed by atoms with van der Waals surface area (Å²) in [5, 5.41) is 25.3. The Bertz CT molecular complexity index is 510. The van der Waals surface area contributed by atoms with Crippen LogP contribution in [0.3, 0.4) is 0 Å². The Morgan fingerprint density at radius 2 is 2.06 bits per heavy atom.